The van der Waals surface area contributed by atoms with Gasteiger partial charge in [0.2, 0.25) is 5.88 Å². The van der Waals surface area contributed by atoms with E-state index in [9.17, 15) is 4.79 Å². The molecule has 1 fully saturated rings. The molecule has 0 saturated carbocycles. The molecule has 0 radical (unpaired) electrons. The quantitative estimate of drug-likeness (QED) is 0.769. The van der Waals surface area contributed by atoms with Crippen molar-refractivity contribution in [1.29, 1.82) is 0 Å². The zero-order valence-corrected chi connectivity index (χ0v) is 17.6. The van der Waals surface area contributed by atoms with Crippen molar-refractivity contribution in [1.82, 2.24) is 9.88 Å². The van der Waals surface area contributed by atoms with E-state index in [0.29, 0.717) is 37.7 Å². The van der Waals surface area contributed by atoms with Gasteiger partial charge in [-0.2, -0.15) is 0 Å². The first kappa shape index (κ1) is 21.0. The van der Waals surface area contributed by atoms with Crippen LogP contribution in [0, 0.1) is 0 Å². The number of piperidine rings is 1. The van der Waals surface area contributed by atoms with Gasteiger partial charge in [0.25, 0.3) is 0 Å². The van der Waals surface area contributed by atoms with Crippen LogP contribution in [0.4, 0.5) is 4.79 Å². The maximum atomic E-state index is 12.2. The number of halogens is 1. The van der Waals surface area contributed by atoms with Gasteiger partial charge in [-0.15, -0.1) is 0 Å². The SMILES string of the molecule is COc1nc(CCCO)c(Br)cc1C1CCN(C(=O)OC(C)(C)C)CC1. The van der Waals surface area contributed by atoms with Crippen LogP contribution >= 0.6 is 15.9 Å². The van der Waals surface area contributed by atoms with Gasteiger partial charge in [0.15, 0.2) is 0 Å². The Morgan fingerprint density at radius 2 is 2.04 bits per heavy atom. The van der Waals surface area contributed by atoms with E-state index in [1.165, 1.54) is 0 Å². The lowest BCUT2D eigenvalue weighted by molar-refractivity contribution is 0.0204. The largest absolute Gasteiger partial charge is 0.481 e. The first-order valence-electron chi connectivity index (χ1n) is 9.07. The van der Waals surface area contributed by atoms with E-state index < -0.39 is 5.60 Å². The van der Waals surface area contributed by atoms with Crippen LogP contribution in [0.25, 0.3) is 0 Å². The van der Waals surface area contributed by atoms with E-state index in [1.54, 1.807) is 12.0 Å². The van der Waals surface area contributed by atoms with Crippen molar-refractivity contribution in [3.63, 3.8) is 0 Å². The molecule has 0 unspecified atom stereocenters. The fourth-order valence-electron chi connectivity index (χ4n) is 3.10. The average molecular weight is 429 g/mol. The molecule has 2 rings (SSSR count). The lowest BCUT2D eigenvalue weighted by Gasteiger charge is -2.34. The van der Waals surface area contributed by atoms with Gasteiger partial charge in [-0.05, 0) is 74.4 Å². The number of aliphatic hydroxyl groups is 1. The zero-order chi connectivity index (χ0) is 19.3. The Bertz CT molecular complexity index is 623. The minimum absolute atomic E-state index is 0.140. The molecular weight excluding hydrogens is 400 g/mol. The number of aliphatic hydroxyl groups excluding tert-OH is 1. The molecule has 1 saturated heterocycles. The van der Waals surface area contributed by atoms with Crippen LogP contribution in [0.1, 0.15) is 57.2 Å². The number of amides is 1. The van der Waals surface area contributed by atoms with E-state index in [2.05, 4.69) is 27.0 Å². The minimum atomic E-state index is -0.476. The molecule has 0 aliphatic carbocycles. The molecule has 26 heavy (non-hydrogen) atoms. The van der Waals surface area contributed by atoms with E-state index in [4.69, 9.17) is 14.6 Å². The minimum Gasteiger partial charge on any atom is -0.481 e. The number of carbonyl (C=O) groups is 1. The van der Waals surface area contributed by atoms with Gasteiger partial charge < -0.3 is 19.5 Å². The molecular formula is C19H29BrN2O4. The number of methoxy groups -OCH3 is 1. The highest BCUT2D eigenvalue weighted by Gasteiger charge is 2.29. The van der Waals surface area contributed by atoms with Crippen molar-refractivity contribution in [3.8, 4) is 5.88 Å². The second-order valence-electron chi connectivity index (χ2n) is 7.58. The average Bonchev–Trinajstić information content (AvgIpc) is 2.59. The maximum Gasteiger partial charge on any atom is 0.410 e. The summed E-state index contributed by atoms with van der Waals surface area (Å²) in [6.07, 6.45) is 2.81. The monoisotopic (exact) mass is 428 g/mol. The second-order valence-corrected chi connectivity index (χ2v) is 8.44. The molecule has 1 aromatic rings. The number of aromatic nitrogens is 1. The summed E-state index contributed by atoms with van der Waals surface area (Å²) in [5, 5.41) is 9.03. The Morgan fingerprint density at radius 3 is 2.58 bits per heavy atom. The third-order valence-electron chi connectivity index (χ3n) is 4.39. The van der Waals surface area contributed by atoms with E-state index >= 15 is 0 Å². The number of ether oxygens (including phenoxy) is 2. The standard InChI is InChI=1S/C19H29BrN2O4/c1-19(2,3)26-18(24)22-9-7-13(8-10-22)14-12-15(20)16(6-5-11-23)21-17(14)25-4/h12-13,23H,5-11H2,1-4H3. The third kappa shape index (κ3) is 5.58. The van der Waals surface area contributed by atoms with Crippen LogP contribution in [-0.2, 0) is 11.2 Å². The molecule has 0 spiro atoms. The summed E-state index contributed by atoms with van der Waals surface area (Å²) in [6, 6.07) is 2.08. The maximum absolute atomic E-state index is 12.2. The molecule has 146 valence electrons. The second kappa shape index (κ2) is 9.04. The molecule has 2 heterocycles. The molecule has 6 nitrogen and oxygen atoms in total. The van der Waals surface area contributed by atoms with Crippen LogP contribution in [-0.4, -0.2) is 53.5 Å². The van der Waals surface area contributed by atoms with Crippen molar-refractivity contribution < 1.29 is 19.4 Å². The van der Waals surface area contributed by atoms with Crippen molar-refractivity contribution in [2.24, 2.45) is 0 Å². The molecule has 1 N–H and O–H groups in total. The third-order valence-corrected chi connectivity index (χ3v) is 5.08. The Hall–Kier alpha value is -1.34. The lowest BCUT2D eigenvalue weighted by atomic mass is 9.90. The van der Waals surface area contributed by atoms with Gasteiger partial charge in [-0.3, -0.25) is 0 Å². The molecule has 1 amide bonds. The number of hydrogen-bond donors (Lipinski definition) is 1. The van der Waals surface area contributed by atoms with Crippen LogP contribution in [0.5, 0.6) is 5.88 Å². The first-order chi connectivity index (χ1) is 12.2. The van der Waals surface area contributed by atoms with E-state index in [0.717, 1.165) is 28.6 Å². The predicted molar refractivity (Wildman–Crippen MR) is 104 cm³/mol. The number of carbonyl (C=O) groups excluding carboxylic acids is 1. The molecule has 0 aromatic carbocycles. The number of hydrogen-bond acceptors (Lipinski definition) is 5. The summed E-state index contributed by atoms with van der Waals surface area (Å²) >= 11 is 3.59. The number of aryl methyl sites for hydroxylation is 1. The lowest BCUT2D eigenvalue weighted by Crippen LogP contribution is -2.41. The summed E-state index contributed by atoms with van der Waals surface area (Å²) in [6.45, 7) is 7.10. The summed E-state index contributed by atoms with van der Waals surface area (Å²) in [7, 11) is 1.63. The highest BCUT2D eigenvalue weighted by Crippen LogP contribution is 2.36. The van der Waals surface area contributed by atoms with Gasteiger partial charge in [0, 0.05) is 29.7 Å². The molecule has 7 heteroatoms. The number of likely N-dealkylation sites (tertiary alicyclic amines) is 1. The smallest absolute Gasteiger partial charge is 0.410 e. The summed E-state index contributed by atoms with van der Waals surface area (Å²) in [5.41, 5.74) is 1.48. The van der Waals surface area contributed by atoms with Gasteiger partial charge >= 0.3 is 6.09 Å². The first-order valence-corrected chi connectivity index (χ1v) is 9.86. The Labute approximate surface area is 164 Å². The van der Waals surface area contributed by atoms with Gasteiger partial charge in [-0.1, -0.05) is 0 Å². The summed E-state index contributed by atoms with van der Waals surface area (Å²) < 4.78 is 11.9. The van der Waals surface area contributed by atoms with Crippen molar-refractivity contribution in [2.75, 3.05) is 26.8 Å². The topological polar surface area (TPSA) is 71.9 Å². The summed E-state index contributed by atoms with van der Waals surface area (Å²) in [4.78, 5) is 18.6. The van der Waals surface area contributed by atoms with Crippen molar-refractivity contribution in [3.05, 3.63) is 21.8 Å². The molecule has 1 aliphatic rings. The van der Waals surface area contributed by atoms with E-state index in [1.807, 2.05) is 20.8 Å². The van der Waals surface area contributed by atoms with Gasteiger partial charge in [0.1, 0.15) is 5.60 Å². The number of rotatable bonds is 5. The van der Waals surface area contributed by atoms with Crippen LogP contribution in [0.15, 0.2) is 10.5 Å². The number of nitrogens with zero attached hydrogens (tertiary/aromatic N) is 2. The van der Waals surface area contributed by atoms with Gasteiger partial charge in [0.05, 0.1) is 12.8 Å². The van der Waals surface area contributed by atoms with Gasteiger partial charge in [-0.25, -0.2) is 9.78 Å². The van der Waals surface area contributed by atoms with Crippen molar-refractivity contribution in [2.45, 2.75) is 58.0 Å². The fraction of sp³-hybridized carbons (Fsp3) is 0.684. The highest BCUT2D eigenvalue weighted by atomic mass is 79.9. The van der Waals surface area contributed by atoms with Crippen LogP contribution in [0.2, 0.25) is 0 Å². The predicted octanol–water partition coefficient (Wildman–Crippen LogP) is 3.89. The zero-order valence-electron chi connectivity index (χ0n) is 16.0. The Balaban J connectivity index is 2.06. The molecule has 1 aromatic heterocycles. The number of pyridine rings is 1. The van der Waals surface area contributed by atoms with Crippen LogP contribution in [0.3, 0.4) is 0 Å². The summed E-state index contributed by atoms with van der Waals surface area (Å²) in [5.74, 6) is 0.927. The normalized spacial score (nSPS) is 15.8. The van der Waals surface area contributed by atoms with Crippen molar-refractivity contribution >= 4 is 22.0 Å². The fourth-order valence-corrected chi connectivity index (χ4v) is 3.63. The molecule has 1 aliphatic heterocycles. The van der Waals surface area contributed by atoms with Crippen LogP contribution < -0.4 is 4.74 Å². The van der Waals surface area contributed by atoms with E-state index in [-0.39, 0.29) is 12.7 Å². The Morgan fingerprint density at radius 1 is 1.38 bits per heavy atom. The highest BCUT2D eigenvalue weighted by molar-refractivity contribution is 9.10. The molecule has 0 atom stereocenters. The molecule has 0 bridgehead atoms. The Kier molecular flexibility index (Phi) is 7.29.